The average Bonchev–Trinajstić information content (AvgIpc) is 3.16. The van der Waals surface area contributed by atoms with Crippen LogP contribution in [-0.2, 0) is 6.54 Å². The molecule has 5 rings (SSSR count). The Morgan fingerprint density at radius 1 is 0.800 bits per heavy atom. The van der Waals surface area contributed by atoms with Crippen LogP contribution >= 0.6 is 0 Å². The number of fused-ring (bicyclic) bond motifs is 3. The summed E-state index contributed by atoms with van der Waals surface area (Å²) in [7, 11) is 1.65. The summed E-state index contributed by atoms with van der Waals surface area (Å²) in [5.41, 5.74) is 3.26. The lowest BCUT2D eigenvalue weighted by atomic mass is 10.2. The van der Waals surface area contributed by atoms with E-state index >= 15 is 0 Å². The zero-order valence-corrected chi connectivity index (χ0v) is 16.6. The highest BCUT2D eigenvalue weighted by molar-refractivity contribution is 6.07. The molecule has 0 radical (unpaired) electrons. The summed E-state index contributed by atoms with van der Waals surface area (Å²) in [5, 5.41) is 5.78. The summed E-state index contributed by atoms with van der Waals surface area (Å²) in [6, 6.07) is 26.0. The van der Waals surface area contributed by atoms with Crippen LogP contribution < -0.4 is 14.8 Å². The molecule has 5 nitrogen and oxygen atoms in total. The smallest absolute Gasteiger partial charge is 0.131 e. The highest BCUT2D eigenvalue weighted by Crippen LogP contribution is 2.28. The number of aromatic amines is 1. The average molecular weight is 395 g/mol. The van der Waals surface area contributed by atoms with Gasteiger partial charge in [0.05, 0.1) is 18.8 Å². The highest BCUT2D eigenvalue weighted by Gasteiger charge is 2.06. The Labute approximate surface area is 174 Å². The molecule has 0 bridgehead atoms. The molecule has 0 aliphatic heterocycles. The van der Waals surface area contributed by atoms with Gasteiger partial charge in [0.1, 0.15) is 23.1 Å². The Kier molecular flexibility index (Phi) is 4.69. The maximum atomic E-state index is 5.98. The molecule has 0 saturated carbocycles. The number of benzene rings is 3. The molecule has 5 aromatic rings. The maximum absolute atomic E-state index is 5.98. The molecule has 0 saturated heterocycles. The fourth-order valence-electron chi connectivity index (χ4n) is 3.56. The van der Waals surface area contributed by atoms with Gasteiger partial charge >= 0.3 is 0 Å². The van der Waals surface area contributed by atoms with E-state index in [-0.39, 0.29) is 0 Å². The first kappa shape index (κ1) is 18.1. The Morgan fingerprint density at radius 3 is 2.50 bits per heavy atom. The zero-order chi connectivity index (χ0) is 20.3. The molecule has 0 fully saturated rings. The number of hydrogen-bond donors (Lipinski definition) is 2. The van der Waals surface area contributed by atoms with Gasteiger partial charge in [0.15, 0.2) is 0 Å². The Bertz CT molecular complexity index is 1330. The number of nitrogens with zero attached hydrogens (tertiary/aromatic N) is 1. The van der Waals surface area contributed by atoms with Crippen molar-refractivity contribution in [2.45, 2.75) is 6.54 Å². The first-order chi connectivity index (χ1) is 14.8. The molecule has 2 heterocycles. The van der Waals surface area contributed by atoms with Crippen LogP contribution in [0.4, 0.5) is 5.82 Å². The predicted molar refractivity (Wildman–Crippen MR) is 120 cm³/mol. The minimum atomic E-state index is 0.649. The van der Waals surface area contributed by atoms with Crippen LogP contribution in [0.2, 0.25) is 0 Å². The normalized spacial score (nSPS) is 11.0. The molecule has 5 heteroatoms. The van der Waals surface area contributed by atoms with Gasteiger partial charge in [0.2, 0.25) is 0 Å². The number of hydrogen-bond acceptors (Lipinski definition) is 4. The molecule has 3 aromatic carbocycles. The van der Waals surface area contributed by atoms with Gasteiger partial charge in [-0.15, -0.1) is 0 Å². The lowest BCUT2D eigenvalue weighted by Crippen LogP contribution is -2.01. The lowest BCUT2D eigenvalue weighted by Gasteiger charge is -2.10. The molecular weight excluding hydrogens is 374 g/mol. The molecule has 0 unspecified atom stereocenters. The number of pyridine rings is 1. The van der Waals surface area contributed by atoms with Gasteiger partial charge in [-0.1, -0.05) is 36.4 Å². The van der Waals surface area contributed by atoms with E-state index in [1.54, 1.807) is 7.11 Å². The first-order valence-electron chi connectivity index (χ1n) is 9.80. The van der Waals surface area contributed by atoms with E-state index in [1.165, 1.54) is 10.8 Å². The van der Waals surface area contributed by atoms with E-state index < -0.39 is 0 Å². The molecule has 0 aliphatic rings. The number of rotatable bonds is 6. The quantitative estimate of drug-likeness (QED) is 0.363. The second-order valence-electron chi connectivity index (χ2n) is 7.07. The summed E-state index contributed by atoms with van der Waals surface area (Å²) in [6.07, 6.45) is 1.87. The van der Waals surface area contributed by atoms with Crippen molar-refractivity contribution in [2.24, 2.45) is 0 Å². The van der Waals surface area contributed by atoms with E-state index in [1.807, 2.05) is 54.7 Å². The standard InChI is InChI=1S/C25H21N3O2/c1-29-18-7-5-9-20(13-18)30-19-8-4-6-17(12-19)15-26-25-14-22-21-10-2-3-11-23(21)28-24(22)16-27-25/h2-14,16,28H,15H2,1H3,(H,26,27). The summed E-state index contributed by atoms with van der Waals surface area (Å²) < 4.78 is 11.2. The van der Waals surface area contributed by atoms with Crippen molar-refractivity contribution in [3.8, 4) is 17.2 Å². The first-order valence-corrected chi connectivity index (χ1v) is 9.80. The fourth-order valence-corrected chi connectivity index (χ4v) is 3.56. The minimum Gasteiger partial charge on any atom is -0.497 e. The molecule has 0 spiro atoms. The largest absolute Gasteiger partial charge is 0.497 e. The van der Waals surface area contributed by atoms with E-state index in [0.717, 1.165) is 39.7 Å². The number of nitrogens with one attached hydrogen (secondary N) is 2. The number of para-hydroxylation sites is 1. The van der Waals surface area contributed by atoms with Crippen LogP contribution in [0, 0.1) is 0 Å². The molecule has 148 valence electrons. The SMILES string of the molecule is COc1cccc(Oc2cccc(CNc3cc4c(cn3)[nH]c3ccccc34)c2)c1. The highest BCUT2D eigenvalue weighted by atomic mass is 16.5. The number of anilines is 1. The van der Waals surface area contributed by atoms with E-state index in [4.69, 9.17) is 9.47 Å². The Morgan fingerprint density at radius 2 is 1.60 bits per heavy atom. The van der Waals surface area contributed by atoms with E-state index in [2.05, 4.69) is 45.6 Å². The van der Waals surface area contributed by atoms with Crippen molar-refractivity contribution in [2.75, 3.05) is 12.4 Å². The molecule has 0 atom stereocenters. The second kappa shape index (κ2) is 7.79. The van der Waals surface area contributed by atoms with Gasteiger partial charge in [-0.05, 0) is 42.0 Å². The fraction of sp³-hybridized carbons (Fsp3) is 0.0800. The van der Waals surface area contributed by atoms with Crippen molar-refractivity contribution in [3.05, 3.63) is 90.6 Å². The van der Waals surface area contributed by atoms with Gasteiger partial charge in [-0.2, -0.15) is 0 Å². The van der Waals surface area contributed by atoms with Gasteiger partial charge in [-0.25, -0.2) is 4.98 Å². The molecule has 30 heavy (non-hydrogen) atoms. The third kappa shape index (κ3) is 3.65. The van der Waals surface area contributed by atoms with E-state index in [0.29, 0.717) is 6.54 Å². The summed E-state index contributed by atoms with van der Waals surface area (Å²) in [6.45, 7) is 0.649. The lowest BCUT2D eigenvalue weighted by molar-refractivity contribution is 0.409. The number of methoxy groups -OCH3 is 1. The Hall–Kier alpha value is -3.99. The third-order valence-electron chi connectivity index (χ3n) is 5.04. The number of H-pyrrole nitrogens is 1. The molecular formula is C25H21N3O2. The molecule has 2 N–H and O–H groups in total. The zero-order valence-electron chi connectivity index (χ0n) is 16.6. The Balaban J connectivity index is 1.32. The maximum Gasteiger partial charge on any atom is 0.131 e. The van der Waals surface area contributed by atoms with Crippen LogP contribution in [0.5, 0.6) is 17.2 Å². The van der Waals surface area contributed by atoms with Crippen molar-refractivity contribution >= 4 is 27.6 Å². The molecule has 0 aliphatic carbocycles. The van der Waals surface area contributed by atoms with Crippen LogP contribution in [0.1, 0.15) is 5.56 Å². The van der Waals surface area contributed by atoms with Gasteiger partial charge < -0.3 is 19.8 Å². The number of aromatic nitrogens is 2. The predicted octanol–water partition coefficient (Wildman–Crippen LogP) is 6.13. The van der Waals surface area contributed by atoms with Crippen LogP contribution in [-0.4, -0.2) is 17.1 Å². The third-order valence-corrected chi connectivity index (χ3v) is 5.04. The van der Waals surface area contributed by atoms with E-state index in [9.17, 15) is 0 Å². The summed E-state index contributed by atoms with van der Waals surface area (Å²) in [4.78, 5) is 7.94. The van der Waals surface area contributed by atoms with Gasteiger partial charge in [0.25, 0.3) is 0 Å². The topological polar surface area (TPSA) is 59.2 Å². The van der Waals surface area contributed by atoms with Crippen LogP contribution in [0.25, 0.3) is 21.8 Å². The number of ether oxygens (including phenoxy) is 2. The van der Waals surface area contributed by atoms with Crippen molar-refractivity contribution < 1.29 is 9.47 Å². The second-order valence-corrected chi connectivity index (χ2v) is 7.07. The molecule has 2 aromatic heterocycles. The van der Waals surface area contributed by atoms with Gasteiger partial charge in [-0.3, -0.25) is 0 Å². The van der Waals surface area contributed by atoms with Crippen molar-refractivity contribution in [1.29, 1.82) is 0 Å². The van der Waals surface area contributed by atoms with Crippen molar-refractivity contribution in [1.82, 2.24) is 9.97 Å². The van der Waals surface area contributed by atoms with Crippen LogP contribution in [0.3, 0.4) is 0 Å². The minimum absolute atomic E-state index is 0.649. The summed E-state index contributed by atoms with van der Waals surface area (Å²) in [5.74, 6) is 3.13. The summed E-state index contributed by atoms with van der Waals surface area (Å²) >= 11 is 0. The molecule has 0 amide bonds. The van der Waals surface area contributed by atoms with Crippen molar-refractivity contribution in [3.63, 3.8) is 0 Å². The van der Waals surface area contributed by atoms with Crippen LogP contribution in [0.15, 0.2) is 85.1 Å². The monoisotopic (exact) mass is 395 g/mol. The van der Waals surface area contributed by atoms with Gasteiger partial charge in [0, 0.05) is 28.9 Å².